The minimum Gasteiger partial charge on any atom is -0.411 e. The second-order valence-electron chi connectivity index (χ2n) is 5.61. The summed E-state index contributed by atoms with van der Waals surface area (Å²) in [5, 5.41) is 17.8. The Labute approximate surface area is 142 Å². The number of aromatic nitrogens is 3. The SMILES string of the molecule is CCn1ncc2c(-c3ccc(Cl)s3)c(C=NO)c(C3CC3)nc21. The molecule has 1 aliphatic carbocycles. The topological polar surface area (TPSA) is 63.3 Å². The van der Waals surface area contributed by atoms with Crippen LogP contribution >= 0.6 is 22.9 Å². The molecule has 0 aromatic carbocycles. The van der Waals surface area contributed by atoms with Crippen molar-refractivity contribution in [1.82, 2.24) is 14.8 Å². The van der Waals surface area contributed by atoms with Gasteiger partial charge in [0, 0.05) is 33.9 Å². The molecule has 1 saturated carbocycles. The number of hydrogen-bond acceptors (Lipinski definition) is 5. The molecule has 0 atom stereocenters. The lowest BCUT2D eigenvalue weighted by molar-refractivity contribution is 0.322. The van der Waals surface area contributed by atoms with E-state index in [0.717, 1.165) is 56.5 Å². The third kappa shape index (κ3) is 2.42. The summed E-state index contributed by atoms with van der Waals surface area (Å²) in [5.41, 5.74) is 3.75. The van der Waals surface area contributed by atoms with Crippen molar-refractivity contribution in [3.8, 4) is 10.4 Å². The summed E-state index contributed by atoms with van der Waals surface area (Å²) < 4.78 is 2.63. The molecule has 1 aliphatic rings. The van der Waals surface area contributed by atoms with Crippen LogP contribution in [0, 0.1) is 0 Å². The van der Waals surface area contributed by atoms with Crippen LogP contribution in [0.5, 0.6) is 0 Å². The smallest absolute Gasteiger partial charge is 0.158 e. The van der Waals surface area contributed by atoms with Crippen molar-refractivity contribution in [2.75, 3.05) is 0 Å². The summed E-state index contributed by atoms with van der Waals surface area (Å²) in [6.07, 6.45) is 5.57. The van der Waals surface area contributed by atoms with E-state index in [4.69, 9.17) is 21.8 Å². The lowest BCUT2D eigenvalue weighted by Crippen LogP contribution is -2.03. The molecule has 0 unspecified atom stereocenters. The summed E-state index contributed by atoms with van der Waals surface area (Å²) in [7, 11) is 0. The maximum Gasteiger partial charge on any atom is 0.158 e. The third-order valence-electron chi connectivity index (χ3n) is 4.12. The van der Waals surface area contributed by atoms with Gasteiger partial charge in [0.15, 0.2) is 5.65 Å². The molecule has 3 aromatic heterocycles. The van der Waals surface area contributed by atoms with E-state index in [1.807, 2.05) is 23.0 Å². The van der Waals surface area contributed by atoms with Crippen LogP contribution in [-0.2, 0) is 6.54 Å². The summed E-state index contributed by atoms with van der Waals surface area (Å²) in [6.45, 7) is 2.81. The summed E-state index contributed by atoms with van der Waals surface area (Å²) in [6, 6.07) is 3.88. The molecule has 1 fully saturated rings. The number of halogens is 1. The van der Waals surface area contributed by atoms with Crippen LogP contribution in [0.3, 0.4) is 0 Å². The molecule has 4 rings (SSSR count). The van der Waals surface area contributed by atoms with Crippen LogP contribution in [0.25, 0.3) is 21.5 Å². The van der Waals surface area contributed by atoms with Crippen molar-refractivity contribution in [2.24, 2.45) is 5.16 Å². The average Bonchev–Trinajstić information content (AvgIpc) is 3.18. The highest BCUT2D eigenvalue weighted by Crippen LogP contribution is 2.45. The van der Waals surface area contributed by atoms with Crippen molar-refractivity contribution in [2.45, 2.75) is 32.2 Å². The Bertz CT molecular complexity index is 910. The normalized spacial score (nSPS) is 15.0. The molecule has 0 saturated heterocycles. The maximum absolute atomic E-state index is 9.14. The van der Waals surface area contributed by atoms with Crippen LogP contribution in [0.1, 0.15) is 36.9 Å². The fourth-order valence-electron chi connectivity index (χ4n) is 2.92. The van der Waals surface area contributed by atoms with Gasteiger partial charge in [-0.05, 0) is 31.9 Å². The molecule has 3 aromatic rings. The Morgan fingerprint density at radius 3 is 2.91 bits per heavy atom. The number of thiophene rings is 1. The second kappa shape index (κ2) is 5.62. The van der Waals surface area contributed by atoms with E-state index in [0.29, 0.717) is 5.92 Å². The van der Waals surface area contributed by atoms with E-state index in [9.17, 15) is 0 Å². The van der Waals surface area contributed by atoms with Crippen LogP contribution in [0.4, 0.5) is 0 Å². The van der Waals surface area contributed by atoms with Gasteiger partial charge in [0.05, 0.1) is 22.4 Å². The monoisotopic (exact) mass is 346 g/mol. The molecule has 1 N–H and O–H groups in total. The van der Waals surface area contributed by atoms with Crippen molar-refractivity contribution in [1.29, 1.82) is 0 Å². The van der Waals surface area contributed by atoms with Crippen LogP contribution in [0.2, 0.25) is 4.34 Å². The van der Waals surface area contributed by atoms with Gasteiger partial charge in [-0.25, -0.2) is 9.67 Å². The molecule has 0 aliphatic heterocycles. The summed E-state index contributed by atoms with van der Waals surface area (Å²) in [5.74, 6) is 0.432. The Hall–Kier alpha value is -1.92. The fraction of sp³-hybridized carbons (Fsp3) is 0.312. The Balaban J connectivity index is 2.10. The quantitative estimate of drug-likeness (QED) is 0.429. The van der Waals surface area contributed by atoms with Gasteiger partial charge in [-0.15, -0.1) is 11.3 Å². The van der Waals surface area contributed by atoms with E-state index in [-0.39, 0.29) is 0 Å². The van der Waals surface area contributed by atoms with E-state index in [2.05, 4.69) is 17.2 Å². The molecule has 23 heavy (non-hydrogen) atoms. The largest absolute Gasteiger partial charge is 0.411 e. The van der Waals surface area contributed by atoms with Gasteiger partial charge in [0.2, 0.25) is 0 Å². The fourth-order valence-corrected chi connectivity index (χ4v) is 4.04. The predicted molar refractivity (Wildman–Crippen MR) is 92.9 cm³/mol. The van der Waals surface area contributed by atoms with Crippen molar-refractivity contribution in [3.63, 3.8) is 0 Å². The van der Waals surface area contributed by atoms with Crippen LogP contribution in [0.15, 0.2) is 23.5 Å². The van der Waals surface area contributed by atoms with E-state index in [1.54, 1.807) is 0 Å². The first kappa shape index (κ1) is 14.7. The molecule has 5 nitrogen and oxygen atoms in total. The molecule has 118 valence electrons. The first-order chi connectivity index (χ1) is 11.2. The summed E-state index contributed by atoms with van der Waals surface area (Å²) >= 11 is 7.65. The Kier molecular flexibility index (Phi) is 3.58. The standard InChI is InChI=1S/C16H15ClN4OS/c1-2-21-16-11(7-18-21)14(12-5-6-13(17)23-12)10(8-19-22)15(20-16)9-3-4-9/h5-9,22H,2-4H2,1H3. The lowest BCUT2D eigenvalue weighted by atomic mass is 10.00. The number of hydrogen-bond donors (Lipinski definition) is 1. The van der Waals surface area contributed by atoms with E-state index < -0.39 is 0 Å². The number of oxime groups is 1. The zero-order valence-electron chi connectivity index (χ0n) is 12.5. The second-order valence-corrected chi connectivity index (χ2v) is 7.32. The van der Waals surface area contributed by atoms with Gasteiger partial charge < -0.3 is 5.21 Å². The van der Waals surface area contributed by atoms with Crippen molar-refractivity contribution >= 4 is 40.2 Å². The van der Waals surface area contributed by atoms with E-state index >= 15 is 0 Å². The minimum absolute atomic E-state index is 0.432. The third-order valence-corrected chi connectivity index (χ3v) is 5.37. The summed E-state index contributed by atoms with van der Waals surface area (Å²) in [4.78, 5) is 5.89. The van der Waals surface area contributed by atoms with Crippen molar-refractivity contribution in [3.05, 3.63) is 33.9 Å². The Morgan fingerprint density at radius 1 is 1.48 bits per heavy atom. The predicted octanol–water partition coefficient (Wildman–Crippen LogP) is 4.52. The highest BCUT2D eigenvalue weighted by atomic mass is 35.5. The maximum atomic E-state index is 9.14. The van der Waals surface area contributed by atoms with Crippen LogP contribution in [-0.4, -0.2) is 26.2 Å². The first-order valence-corrected chi connectivity index (χ1v) is 8.75. The zero-order chi connectivity index (χ0) is 16.0. The molecule has 7 heteroatoms. The molecule has 0 spiro atoms. The minimum atomic E-state index is 0.432. The van der Waals surface area contributed by atoms with Gasteiger partial charge in [-0.2, -0.15) is 5.10 Å². The molecular weight excluding hydrogens is 332 g/mol. The van der Waals surface area contributed by atoms with E-state index in [1.165, 1.54) is 17.6 Å². The van der Waals surface area contributed by atoms with Crippen molar-refractivity contribution < 1.29 is 5.21 Å². The number of pyridine rings is 1. The molecule has 3 heterocycles. The lowest BCUT2D eigenvalue weighted by Gasteiger charge is -2.11. The average molecular weight is 347 g/mol. The highest BCUT2D eigenvalue weighted by molar-refractivity contribution is 7.19. The van der Waals surface area contributed by atoms with Gasteiger partial charge in [0.25, 0.3) is 0 Å². The number of nitrogens with zero attached hydrogens (tertiary/aromatic N) is 4. The van der Waals surface area contributed by atoms with Crippen LogP contribution < -0.4 is 0 Å². The van der Waals surface area contributed by atoms with Gasteiger partial charge in [-0.1, -0.05) is 16.8 Å². The molecular formula is C16H15ClN4OS. The number of rotatable bonds is 4. The molecule has 0 bridgehead atoms. The van der Waals surface area contributed by atoms with Gasteiger partial charge in [-0.3, -0.25) is 0 Å². The number of fused-ring (bicyclic) bond motifs is 1. The first-order valence-electron chi connectivity index (χ1n) is 7.55. The van der Waals surface area contributed by atoms with Gasteiger partial charge in [0.1, 0.15) is 0 Å². The van der Waals surface area contributed by atoms with Gasteiger partial charge >= 0.3 is 0 Å². The zero-order valence-corrected chi connectivity index (χ0v) is 14.1. The number of aryl methyl sites for hydroxylation is 1. The molecule has 0 amide bonds. The molecule has 0 radical (unpaired) electrons. The Morgan fingerprint density at radius 2 is 2.30 bits per heavy atom. The highest BCUT2D eigenvalue weighted by Gasteiger charge is 2.31.